The number of hydrogen-bond acceptors (Lipinski definition) is 3. The second-order valence-electron chi connectivity index (χ2n) is 6.76. The zero-order valence-electron chi connectivity index (χ0n) is 13.8. The van der Waals surface area contributed by atoms with Crippen molar-refractivity contribution < 1.29 is 4.79 Å². The molecule has 21 heavy (non-hydrogen) atoms. The van der Waals surface area contributed by atoms with Gasteiger partial charge in [0.25, 0.3) is 0 Å². The fraction of sp³-hybridized carbons (Fsp3) is 0.706. The number of carbonyl (C=O) groups is 1. The van der Waals surface area contributed by atoms with Gasteiger partial charge in [-0.1, -0.05) is 33.8 Å². The van der Waals surface area contributed by atoms with E-state index in [4.69, 9.17) is 5.73 Å². The van der Waals surface area contributed by atoms with Crippen LogP contribution in [-0.2, 0) is 10.2 Å². The lowest BCUT2D eigenvalue weighted by Gasteiger charge is -2.24. The van der Waals surface area contributed by atoms with Crippen molar-refractivity contribution in [2.24, 2.45) is 17.6 Å². The van der Waals surface area contributed by atoms with Gasteiger partial charge in [0.1, 0.15) is 0 Å². The third-order valence-corrected chi connectivity index (χ3v) is 5.37. The van der Waals surface area contributed by atoms with E-state index in [2.05, 4.69) is 50.5 Å². The van der Waals surface area contributed by atoms with Crippen LogP contribution in [0, 0.1) is 11.8 Å². The molecule has 3 nitrogen and oxygen atoms in total. The highest BCUT2D eigenvalue weighted by molar-refractivity contribution is 7.10. The number of thiophene rings is 1. The minimum Gasteiger partial charge on any atom is -0.355 e. The first-order chi connectivity index (χ1) is 9.86. The molecule has 1 unspecified atom stereocenters. The van der Waals surface area contributed by atoms with Gasteiger partial charge in [0.2, 0.25) is 5.91 Å². The molecular weight excluding hydrogens is 280 g/mol. The summed E-state index contributed by atoms with van der Waals surface area (Å²) in [5.41, 5.74) is 5.64. The Kier molecular flexibility index (Phi) is 7.40. The van der Waals surface area contributed by atoms with Crippen LogP contribution >= 0.6 is 11.3 Å². The lowest BCUT2D eigenvalue weighted by molar-refractivity contribution is -0.121. The van der Waals surface area contributed by atoms with Crippen LogP contribution in [-0.4, -0.2) is 19.0 Å². The Balaban J connectivity index is 2.37. The highest BCUT2D eigenvalue weighted by Crippen LogP contribution is 2.26. The molecular formula is C17H30N2OS. The summed E-state index contributed by atoms with van der Waals surface area (Å²) in [7, 11) is 0. The van der Waals surface area contributed by atoms with Gasteiger partial charge in [-0.15, -0.1) is 11.3 Å². The van der Waals surface area contributed by atoms with E-state index in [1.807, 2.05) is 0 Å². The molecule has 1 heterocycles. The summed E-state index contributed by atoms with van der Waals surface area (Å²) < 4.78 is 0. The number of carbonyl (C=O) groups excluding carboxylic acids is 1. The second-order valence-corrected chi connectivity index (χ2v) is 7.71. The quantitative estimate of drug-likeness (QED) is 0.733. The normalized spacial score (nSPS) is 13.4. The lowest BCUT2D eigenvalue weighted by Crippen LogP contribution is -2.36. The third-order valence-electron chi connectivity index (χ3n) is 4.14. The molecule has 0 bridgehead atoms. The molecule has 120 valence electrons. The zero-order valence-corrected chi connectivity index (χ0v) is 14.6. The molecule has 0 saturated heterocycles. The minimum atomic E-state index is -0.00145. The standard InChI is InChI=1S/C17H30N2OS/c1-13(2)14(9-10-18)7-8-16(20)19-12-17(3,4)15-6-5-11-21-15/h5-6,11,13-14H,7-10,12,18H2,1-4H3,(H,19,20). The number of nitrogens with two attached hydrogens (primary N) is 1. The molecule has 0 fully saturated rings. The van der Waals surface area contributed by atoms with E-state index < -0.39 is 0 Å². The maximum absolute atomic E-state index is 12.1. The summed E-state index contributed by atoms with van der Waals surface area (Å²) in [5.74, 6) is 1.29. The Morgan fingerprint density at radius 1 is 1.38 bits per heavy atom. The van der Waals surface area contributed by atoms with Crippen LogP contribution in [0.4, 0.5) is 0 Å². The largest absolute Gasteiger partial charge is 0.355 e. The van der Waals surface area contributed by atoms with Crippen molar-refractivity contribution in [1.82, 2.24) is 5.32 Å². The van der Waals surface area contributed by atoms with Gasteiger partial charge in [-0.25, -0.2) is 0 Å². The Morgan fingerprint density at radius 2 is 2.10 bits per heavy atom. The molecule has 1 aromatic heterocycles. The maximum atomic E-state index is 12.1. The van der Waals surface area contributed by atoms with Gasteiger partial charge in [0.05, 0.1) is 0 Å². The van der Waals surface area contributed by atoms with Gasteiger partial charge in [-0.3, -0.25) is 4.79 Å². The minimum absolute atomic E-state index is 0.00145. The van der Waals surface area contributed by atoms with Gasteiger partial charge in [0.15, 0.2) is 0 Å². The predicted molar refractivity (Wildman–Crippen MR) is 91.6 cm³/mol. The van der Waals surface area contributed by atoms with Gasteiger partial charge in [0, 0.05) is 23.3 Å². The van der Waals surface area contributed by atoms with Crippen LogP contribution in [0.5, 0.6) is 0 Å². The van der Waals surface area contributed by atoms with Crippen molar-refractivity contribution in [3.05, 3.63) is 22.4 Å². The van der Waals surface area contributed by atoms with E-state index in [9.17, 15) is 4.79 Å². The van der Waals surface area contributed by atoms with Crippen molar-refractivity contribution in [3.63, 3.8) is 0 Å². The first kappa shape index (κ1) is 18.2. The van der Waals surface area contributed by atoms with Crippen LogP contribution in [0.1, 0.15) is 51.8 Å². The van der Waals surface area contributed by atoms with Crippen molar-refractivity contribution in [2.45, 2.75) is 52.4 Å². The lowest BCUT2D eigenvalue weighted by atomic mass is 9.88. The molecule has 0 aromatic carbocycles. The van der Waals surface area contributed by atoms with E-state index in [0.717, 1.165) is 12.8 Å². The van der Waals surface area contributed by atoms with Crippen molar-refractivity contribution in [3.8, 4) is 0 Å². The number of nitrogens with one attached hydrogen (secondary N) is 1. The summed E-state index contributed by atoms with van der Waals surface area (Å²) in [6, 6.07) is 4.19. The van der Waals surface area contributed by atoms with Crippen LogP contribution in [0.2, 0.25) is 0 Å². The summed E-state index contributed by atoms with van der Waals surface area (Å²) in [4.78, 5) is 13.4. The second kappa shape index (κ2) is 8.54. The molecule has 4 heteroatoms. The average molecular weight is 311 g/mol. The topological polar surface area (TPSA) is 55.1 Å². The Labute approximate surface area is 133 Å². The molecule has 0 aliphatic heterocycles. The monoisotopic (exact) mass is 310 g/mol. The van der Waals surface area contributed by atoms with Crippen molar-refractivity contribution >= 4 is 17.2 Å². The van der Waals surface area contributed by atoms with E-state index in [-0.39, 0.29) is 11.3 Å². The Morgan fingerprint density at radius 3 is 2.62 bits per heavy atom. The van der Waals surface area contributed by atoms with E-state index in [1.165, 1.54) is 4.88 Å². The van der Waals surface area contributed by atoms with E-state index >= 15 is 0 Å². The summed E-state index contributed by atoms with van der Waals surface area (Å²) in [6.45, 7) is 10.1. The van der Waals surface area contributed by atoms with Crippen LogP contribution in [0.25, 0.3) is 0 Å². The number of hydrogen-bond donors (Lipinski definition) is 2. The van der Waals surface area contributed by atoms with Crippen LogP contribution in [0.15, 0.2) is 17.5 Å². The summed E-state index contributed by atoms with van der Waals surface area (Å²) >= 11 is 1.75. The highest BCUT2D eigenvalue weighted by Gasteiger charge is 2.22. The van der Waals surface area contributed by atoms with E-state index in [1.54, 1.807) is 11.3 Å². The fourth-order valence-electron chi connectivity index (χ4n) is 2.50. The first-order valence-electron chi connectivity index (χ1n) is 7.87. The summed E-state index contributed by atoms with van der Waals surface area (Å²) in [6.07, 6.45) is 2.54. The SMILES string of the molecule is CC(C)C(CCN)CCC(=O)NCC(C)(C)c1cccs1. The van der Waals surface area contributed by atoms with Gasteiger partial charge < -0.3 is 11.1 Å². The molecule has 0 radical (unpaired) electrons. The first-order valence-corrected chi connectivity index (χ1v) is 8.75. The Hall–Kier alpha value is -0.870. The number of rotatable bonds is 9. The van der Waals surface area contributed by atoms with E-state index in [0.29, 0.717) is 31.3 Å². The highest BCUT2D eigenvalue weighted by atomic mass is 32.1. The van der Waals surface area contributed by atoms with Crippen LogP contribution in [0.3, 0.4) is 0 Å². The van der Waals surface area contributed by atoms with Crippen molar-refractivity contribution in [2.75, 3.05) is 13.1 Å². The zero-order chi connectivity index (χ0) is 15.9. The molecule has 1 amide bonds. The van der Waals surface area contributed by atoms with Crippen molar-refractivity contribution in [1.29, 1.82) is 0 Å². The number of amides is 1. The molecule has 0 saturated carbocycles. The van der Waals surface area contributed by atoms with Gasteiger partial charge in [-0.2, -0.15) is 0 Å². The smallest absolute Gasteiger partial charge is 0.220 e. The average Bonchev–Trinajstić information content (AvgIpc) is 2.95. The molecule has 1 atom stereocenters. The maximum Gasteiger partial charge on any atom is 0.220 e. The summed E-state index contributed by atoms with van der Waals surface area (Å²) in [5, 5.41) is 5.17. The fourth-order valence-corrected chi connectivity index (χ4v) is 3.35. The van der Waals surface area contributed by atoms with Gasteiger partial charge in [-0.05, 0) is 42.7 Å². The molecule has 3 N–H and O–H groups in total. The molecule has 0 aliphatic carbocycles. The molecule has 1 rings (SSSR count). The van der Waals surface area contributed by atoms with Gasteiger partial charge >= 0.3 is 0 Å². The third kappa shape index (κ3) is 6.18. The van der Waals surface area contributed by atoms with Crippen LogP contribution < -0.4 is 11.1 Å². The molecule has 0 spiro atoms. The predicted octanol–water partition coefficient (Wildman–Crippen LogP) is 3.54. The Bertz CT molecular complexity index is 412. The molecule has 0 aliphatic rings. The molecule has 1 aromatic rings.